The molecule has 2 amide bonds. The Bertz CT molecular complexity index is 838. The van der Waals surface area contributed by atoms with E-state index in [1.165, 1.54) is 11.1 Å². The zero-order valence-corrected chi connectivity index (χ0v) is 16.3. The van der Waals surface area contributed by atoms with E-state index in [4.69, 9.17) is 4.84 Å². The van der Waals surface area contributed by atoms with Crippen LogP contribution in [-0.4, -0.2) is 36.2 Å². The second-order valence-corrected chi connectivity index (χ2v) is 7.65. The number of piperidine rings is 1. The van der Waals surface area contributed by atoms with E-state index in [-0.39, 0.29) is 11.6 Å². The fourth-order valence-electron chi connectivity index (χ4n) is 3.76. The maximum absolute atomic E-state index is 12.5. The lowest BCUT2D eigenvalue weighted by Crippen LogP contribution is -2.50. The molecule has 0 radical (unpaired) electrons. The third-order valence-corrected chi connectivity index (χ3v) is 5.56. The van der Waals surface area contributed by atoms with Crippen molar-refractivity contribution in [3.63, 3.8) is 0 Å². The van der Waals surface area contributed by atoms with Crippen molar-refractivity contribution in [2.24, 2.45) is 0 Å². The van der Waals surface area contributed by atoms with Gasteiger partial charge in [-0.1, -0.05) is 60.2 Å². The molecule has 2 aromatic rings. The highest BCUT2D eigenvalue weighted by atomic mass is 16.7. The number of rotatable bonds is 4. The van der Waals surface area contributed by atoms with Crippen molar-refractivity contribution in [2.45, 2.75) is 31.8 Å². The minimum atomic E-state index is -0.318. The monoisotopic (exact) mass is 377 g/mol. The van der Waals surface area contributed by atoms with Gasteiger partial charge in [-0.05, 0) is 30.5 Å². The predicted octanol–water partition coefficient (Wildman–Crippen LogP) is 3.66. The van der Waals surface area contributed by atoms with Gasteiger partial charge in [0.05, 0.1) is 5.70 Å². The topological polar surface area (TPSA) is 53.6 Å². The van der Waals surface area contributed by atoms with Crippen molar-refractivity contribution in [1.82, 2.24) is 15.7 Å². The second kappa shape index (κ2) is 8.07. The van der Waals surface area contributed by atoms with Crippen LogP contribution in [0.4, 0.5) is 4.79 Å². The molecule has 2 heterocycles. The second-order valence-electron chi connectivity index (χ2n) is 7.65. The van der Waals surface area contributed by atoms with E-state index in [2.05, 4.69) is 60.2 Å². The first-order chi connectivity index (χ1) is 13.6. The molecule has 0 aromatic heterocycles. The molecule has 2 aliphatic heterocycles. The van der Waals surface area contributed by atoms with E-state index < -0.39 is 0 Å². The molecule has 4 rings (SSSR count). The molecule has 0 atom stereocenters. The standard InChI is InChI=1S/C23H27N3O2/c1-18-7-9-20(10-8-18)21-17-23(28-25-21)12-15-26(16-13-23)22(27)24-14-11-19-5-3-2-4-6-19/h2-10,17,25H,11-16H2,1H3,(H,24,27). The largest absolute Gasteiger partial charge is 0.338 e. The van der Waals surface area contributed by atoms with Gasteiger partial charge in [0, 0.05) is 32.5 Å². The molecule has 1 saturated heterocycles. The number of amides is 2. The molecule has 0 aliphatic carbocycles. The van der Waals surface area contributed by atoms with Gasteiger partial charge in [-0.3, -0.25) is 10.3 Å². The Labute approximate surface area is 166 Å². The van der Waals surface area contributed by atoms with E-state index in [9.17, 15) is 4.79 Å². The molecular weight excluding hydrogens is 350 g/mol. The zero-order valence-electron chi connectivity index (χ0n) is 16.3. The maximum Gasteiger partial charge on any atom is 0.317 e. The van der Waals surface area contributed by atoms with Crippen LogP contribution in [0.25, 0.3) is 5.70 Å². The van der Waals surface area contributed by atoms with Gasteiger partial charge in [0.15, 0.2) is 0 Å². The number of likely N-dealkylation sites (tertiary alicyclic amines) is 1. The summed E-state index contributed by atoms with van der Waals surface area (Å²) in [5, 5.41) is 3.03. The lowest BCUT2D eigenvalue weighted by Gasteiger charge is -2.36. The van der Waals surface area contributed by atoms with Gasteiger partial charge in [-0.2, -0.15) is 0 Å². The molecule has 1 spiro atoms. The summed E-state index contributed by atoms with van der Waals surface area (Å²) in [5.74, 6) is 0. The Kier molecular flexibility index (Phi) is 5.35. The molecule has 5 nitrogen and oxygen atoms in total. The highest BCUT2D eigenvalue weighted by Crippen LogP contribution is 2.34. The van der Waals surface area contributed by atoms with Gasteiger partial charge < -0.3 is 10.2 Å². The third kappa shape index (κ3) is 4.20. The molecule has 0 saturated carbocycles. The summed E-state index contributed by atoms with van der Waals surface area (Å²) >= 11 is 0. The minimum absolute atomic E-state index is 0.0134. The Morgan fingerprint density at radius 1 is 1.11 bits per heavy atom. The van der Waals surface area contributed by atoms with Crippen LogP contribution in [-0.2, 0) is 11.3 Å². The quantitative estimate of drug-likeness (QED) is 0.855. The van der Waals surface area contributed by atoms with Gasteiger partial charge in [-0.25, -0.2) is 4.79 Å². The summed E-state index contributed by atoms with van der Waals surface area (Å²) in [4.78, 5) is 20.3. The number of hydrogen-bond donors (Lipinski definition) is 2. The predicted molar refractivity (Wildman–Crippen MR) is 110 cm³/mol. The van der Waals surface area contributed by atoms with Crippen LogP contribution in [0.2, 0.25) is 0 Å². The number of aryl methyl sites for hydroxylation is 1. The molecule has 28 heavy (non-hydrogen) atoms. The van der Waals surface area contributed by atoms with Crippen molar-refractivity contribution >= 4 is 11.7 Å². The van der Waals surface area contributed by atoms with Crippen molar-refractivity contribution < 1.29 is 9.63 Å². The average molecular weight is 377 g/mol. The highest BCUT2D eigenvalue weighted by molar-refractivity contribution is 5.74. The van der Waals surface area contributed by atoms with Crippen molar-refractivity contribution in [3.8, 4) is 0 Å². The molecule has 5 heteroatoms. The molecule has 2 N–H and O–H groups in total. The van der Waals surface area contributed by atoms with Crippen molar-refractivity contribution in [1.29, 1.82) is 0 Å². The van der Waals surface area contributed by atoms with E-state index in [0.29, 0.717) is 19.6 Å². The Hall–Kier alpha value is -2.79. The summed E-state index contributed by atoms with van der Waals surface area (Å²) in [5.41, 5.74) is 7.39. The van der Waals surface area contributed by atoms with Crippen LogP contribution in [0.15, 0.2) is 60.7 Å². The molecule has 0 unspecified atom stereocenters. The lowest BCUT2D eigenvalue weighted by atomic mass is 9.90. The van der Waals surface area contributed by atoms with Gasteiger partial charge in [0.1, 0.15) is 5.60 Å². The first kappa shape index (κ1) is 18.6. The van der Waals surface area contributed by atoms with Gasteiger partial charge >= 0.3 is 6.03 Å². The number of carbonyl (C=O) groups excluding carboxylic acids is 1. The van der Waals surface area contributed by atoms with Crippen LogP contribution in [0.1, 0.15) is 29.5 Å². The van der Waals surface area contributed by atoms with Crippen molar-refractivity contribution in [3.05, 3.63) is 77.4 Å². The SMILES string of the molecule is Cc1ccc(C2=CC3(CCN(C(=O)NCCc4ccccc4)CC3)ON2)cc1. The number of nitrogens with one attached hydrogen (secondary N) is 2. The van der Waals surface area contributed by atoms with Crippen molar-refractivity contribution in [2.75, 3.05) is 19.6 Å². The van der Waals surface area contributed by atoms with Crippen LogP contribution in [0.3, 0.4) is 0 Å². The number of urea groups is 1. The minimum Gasteiger partial charge on any atom is -0.338 e. The fraction of sp³-hybridized carbons (Fsp3) is 0.348. The summed E-state index contributed by atoms with van der Waals surface area (Å²) in [6.45, 7) is 4.12. The summed E-state index contributed by atoms with van der Waals surface area (Å²) in [7, 11) is 0. The van der Waals surface area contributed by atoms with E-state index in [1.807, 2.05) is 23.1 Å². The third-order valence-electron chi connectivity index (χ3n) is 5.56. The number of hydrogen-bond acceptors (Lipinski definition) is 3. The first-order valence-electron chi connectivity index (χ1n) is 9.94. The number of nitrogens with zero attached hydrogens (tertiary/aromatic N) is 1. The molecule has 2 aromatic carbocycles. The summed E-state index contributed by atoms with van der Waals surface area (Å²) in [6, 6.07) is 18.6. The molecule has 146 valence electrons. The Morgan fingerprint density at radius 3 is 2.54 bits per heavy atom. The Balaban J connectivity index is 1.28. The van der Waals surface area contributed by atoms with Gasteiger partial charge in [-0.15, -0.1) is 0 Å². The smallest absolute Gasteiger partial charge is 0.317 e. The summed E-state index contributed by atoms with van der Waals surface area (Å²) in [6.07, 6.45) is 4.62. The number of hydroxylamine groups is 1. The fourth-order valence-corrected chi connectivity index (χ4v) is 3.76. The van der Waals surface area contributed by atoms with E-state index in [0.717, 1.165) is 30.5 Å². The zero-order chi connectivity index (χ0) is 19.4. The van der Waals surface area contributed by atoms with Crippen LogP contribution >= 0.6 is 0 Å². The molecule has 1 fully saturated rings. The van der Waals surface area contributed by atoms with Gasteiger partial charge in [0.25, 0.3) is 0 Å². The Morgan fingerprint density at radius 2 is 1.82 bits per heavy atom. The molecular formula is C23H27N3O2. The lowest BCUT2D eigenvalue weighted by molar-refractivity contribution is -0.0639. The first-order valence-corrected chi connectivity index (χ1v) is 9.94. The van der Waals surface area contributed by atoms with Crippen LogP contribution < -0.4 is 10.8 Å². The van der Waals surface area contributed by atoms with E-state index in [1.54, 1.807) is 0 Å². The number of benzene rings is 2. The normalized spacial score (nSPS) is 17.9. The molecule has 2 aliphatic rings. The average Bonchev–Trinajstić information content (AvgIpc) is 3.13. The van der Waals surface area contributed by atoms with E-state index >= 15 is 0 Å². The maximum atomic E-state index is 12.5. The summed E-state index contributed by atoms with van der Waals surface area (Å²) < 4.78 is 0. The van der Waals surface area contributed by atoms with Crippen LogP contribution in [0.5, 0.6) is 0 Å². The molecule has 0 bridgehead atoms. The van der Waals surface area contributed by atoms with Crippen LogP contribution in [0, 0.1) is 6.92 Å². The van der Waals surface area contributed by atoms with Gasteiger partial charge in [0.2, 0.25) is 0 Å². The highest BCUT2D eigenvalue weighted by Gasteiger charge is 2.39. The number of carbonyl (C=O) groups is 1.